The third-order valence-electron chi connectivity index (χ3n) is 4.58. The summed E-state index contributed by atoms with van der Waals surface area (Å²) >= 11 is 0. The Hall–Kier alpha value is -3.01. The summed E-state index contributed by atoms with van der Waals surface area (Å²) in [6.07, 6.45) is 5.65. The van der Waals surface area contributed by atoms with Crippen LogP contribution in [0, 0.1) is 0 Å². The molecule has 1 saturated carbocycles. The second kappa shape index (κ2) is 7.48. The number of benzene rings is 2. The first kappa shape index (κ1) is 16.5. The molecule has 0 radical (unpaired) electrons. The van der Waals surface area contributed by atoms with Gasteiger partial charge in [0.2, 0.25) is 0 Å². The molecule has 130 valence electrons. The molecule has 0 bridgehead atoms. The molecule has 0 atom stereocenters. The fraction of sp³-hybridized carbons (Fsp3) is 0.227. The van der Waals surface area contributed by atoms with Crippen molar-refractivity contribution >= 4 is 5.91 Å². The van der Waals surface area contributed by atoms with Gasteiger partial charge in [-0.25, -0.2) is 9.97 Å². The van der Waals surface area contributed by atoms with Gasteiger partial charge in [0.1, 0.15) is 5.82 Å². The van der Waals surface area contributed by atoms with Crippen LogP contribution in [0.25, 0.3) is 0 Å². The van der Waals surface area contributed by atoms with Gasteiger partial charge in [-0.3, -0.25) is 4.79 Å². The SMILES string of the molecule is O=C(c1cnc(C2CC2)nc1)N(Cc1ccccc1)Cc1ccccc1. The predicted molar refractivity (Wildman–Crippen MR) is 100 cm³/mol. The van der Waals surface area contributed by atoms with Crippen LogP contribution in [0.2, 0.25) is 0 Å². The van der Waals surface area contributed by atoms with Crippen molar-refractivity contribution in [1.82, 2.24) is 14.9 Å². The highest BCUT2D eigenvalue weighted by Gasteiger charge is 2.27. The van der Waals surface area contributed by atoms with Crippen LogP contribution in [-0.2, 0) is 13.1 Å². The van der Waals surface area contributed by atoms with Crippen molar-refractivity contribution in [2.24, 2.45) is 0 Å². The number of nitrogens with zero attached hydrogens (tertiary/aromatic N) is 3. The molecule has 4 nitrogen and oxygen atoms in total. The number of hydrogen-bond donors (Lipinski definition) is 0. The largest absolute Gasteiger partial charge is 0.330 e. The molecule has 0 saturated heterocycles. The fourth-order valence-corrected chi connectivity index (χ4v) is 2.99. The van der Waals surface area contributed by atoms with Crippen LogP contribution in [0.1, 0.15) is 46.1 Å². The monoisotopic (exact) mass is 343 g/mol. The van der Waals surface area contributed by atoms with Gasteiger partial charge in [-0.15, -0.1) is 0 Å². The molecule has 4 heteroatoms. The van der Waals surface area contributed by atoms with Crippen molar-refractivity contribution in [1.29, 1.82) is 0 Å². The van der Waals surface area contributed by atoms with Crippen LogP contribution in [0.4, 0.5) is 0 Å². The van der Waals surface area contributed by atoms with Crippen molar-refractivity contribution in [3.05, 3.63) is 95.6 Å². The second-order valence-electron chi connectivity index (χ2n) is 6.74. The maximum Gasteiger partial charge on any atom is 0.257 e. The van der Waals surface area contributed by atoms with E-state index in [1.807, 2.05) is 65.6 Å². The molecule has 26 heavy (non-hydrogen) atoms. The van der Waals surface area contributed by atoms with Crippen molar-refractivity contribution in [3.8, 4) is 0 Å². The van der Waals surface area contributed by atoms with E-state index in [0.29, 0.717) is 24.6 Å². The normalized spacial score (nSPS) is 13.4. The van der Waals surface area contributed by atoms with Crippen molar-refractivity contribution in [2.45, 2.75) is 31.8 Å². The lowest BCUT2D eigenvalue weighted by Gasteiger charge is -2.23. The molecule has 1 amide bonds. The standard InChI is InChI=1S/C22H21N3O/c26-22(20-13-23-21(24-14-20)19-11-12-19)25(15-17-7-3-1-4-8-17)16-18-9-5-2-6-10-18/h1-10,13-14,19H,11-12,15-16H2. The Labute approximate surface area is 153 Å². The van der Waals surface area contributed by atoms with E-state index in [9.17, 15) is 4.79 Å². The molecule has 2 aromatic carbocycles. The Kier molecular flexibility index (Phi) is 4.73. The maximum absolute atomic E-state index is 13.1. The highest BCUT2D eigenvalue weighted by molar-refractivity contribution is 5.93. The third kappa shape index (κ3) is 3.97. The van der Waals surface area contributed by atoms with Gasteiger partial charge in [-0.05, 0) is 24.0 Å². The lowest BCUT2D eigenvalue weighted by molar-refractivity contribution is 0.0729. The van der Waals surface area contributed by atoms with E-state index < -0.39 is 0 Å². The molecule has 1 aromatic heterocycles. The Balaban J connectivity index is 1.56. The topological polar surface area (TPSA) is 46.1 Å². The van der Waals surface area contributed by atoms with Crippen molar-refractivity contribution in [2.75, 3.05) is 0 Å². The summed E-state index contributed by atoms with van der Waals surface area (Å²) in [4.78, 5) is 23.7. The van der Waals surface area contributed by atoms with Gasteiger partial charge in [0.15, 0.2) is 0 Å². The number of hydrogen-bond acceptors (Lipinski definition) is 3. The first-order valence-electron chi connectivity index (χ1n) is 8.98. The average Bonchev–Trinajstić information content (AvgIpc) is 3.54. The van der Waals surface area contributed by atoms with Gasteiger partial charge in [0, 0.05) is 31.4 Å². The summed E-state index contributed by atoms with van der Waals surface area (Å²) in [5.74, 6) is 1.31. The van der Waals surface area contributed by atoms with E-state index in [-0.39, 0.29) is 5.91 Å². The van der Waals surface area contributed by atoms with Crippen LogP contribution < -0.4 is 0 Å². The highest BCUT2D eigenvalue weighted by atomic mass is 16.2. The fourth-order valence-electron chi connectivity index (χ4n) is 2.99. The van der Waals surface area contributed by atoms with E-state index in [4.69, 9.17) is 0 Å². The van der Waals surface area contributed by atoms with Crippen LogP contribution in [-0.4, -0.2) is 20.8 Å². The van der Waals surface area contributed by atoms with Gasteiger partial charge in [-0.1, -0.05) is 60.7 Å². The molecule has 3 aromatic rings. The lowest BCUT2D eigenvalue weighted by Crippen LogP contribution is -2.30. The molecule has 1 heterocycles. The van der Waals surface area contributed by atoms with E-state index >= 15 is 0 Å². The smallest absolute Gasteiger partial charge is 0.257 e. The molecule has 1 aliphatic carbocycles. The molecule has 1 aliphatic rings. The Bertz CT molecular complexity index is 817. The van der Waals surface area contributed by atoms with E-state index in [1.165, 1.54) is 0 Å². The van der Waals surface area contributed by atoms with E-state index in [0.717, 1.165) is 29.8 Å². The first-order chi connectivity index (χ1) is 12.8. The summed E-state index contributed by atoms with van der Waals surface area (Å²) in [6.45, 7) is 1.11. The zero-order valence-corrected chi connectivity index (χ0v) is 14.6. The van der Waals surface area contributed by atoms with Gasteiger partial charge in [0.25, 0.3) is 5.91 Å². The third-order valence-corrected chi connectivity index (χ3v) is 4.58. The molecule has 0 aliphatic heterocycles. The molecule has 0 N–H and O–H groups in total. The number of aromatic nitrogens is 2. The number of amides is 1. The minimum Gasteiger partial charge on any atom is -0.330 e. The molecule has 0 unspecified atom stereocenters. The Morgan fingerprint density at radius 3 is 1.81 bits per heavy atom. The summed E-state index contributed by atoms with van der Waals surface area (Å²) in [7, 11) is 0. The minimum absolute atomic E-state index is 0.0416. The maximum atomic E-state index is 13.1. The average molecular weight is 343 g/mol. The molecular formula is C22H21N3O. The van der Waals surface area contributed by atoms with Gasteiger partial charge >= 0.3 is 0 Å². The first-order valence-corrected chi connectivity index (χ1v) is 8.98. The molecular weight excluding hydrogens is 322 g/mol. The Morgan fingerprint density at radius 1 is 0.846 bits per heavy atom. The summed E-state index contributed by atoms with van der Waals surface area (Å²) in [5, 5.41) is 0. The second-order valence-corrected chi connectivity index (χ2v) is 6.74. The zero-order valence-electron chi connectivity index (χ0n) is 14.6. The van der Waals surface area contributed by atoms with E-state index in [1.54, 1.807) is 12.4 Å². The number of rotatable bonds is 6. The molecule has 1 fully saturated rings. The number of carbonyl (C=O) groups excluding carboxylic acids is 1. The highest BCUT2D eigenvalue weighted by Crippen LogP contribution is 2.37. The van der Waals surface area contributed by atoms with Crippen LogP contribution >= 0.6 is 0 Å². The predicted octanol–water partition coefficient (Wildman–Crippen LogP) is 4.20. The summed E-state index contributed by atoms with van der Waals surface area (Å²) in [5.41, 5.74) is 2.75. The van der Waals surface area contributed by atoms with Crippen LogP contribution in [0.5, 0.6) is 0 Å². The zero-order chi connectivity index (χ0) is 17.8. The van der Waals surface area contributed by atoms with Gasteiger partial charge in [-0.2, -0.15) is 0 Å². The quantitative estimate of drug-likeness (QED) is 0.674. The number of carbonyl (C=O) groups is 1. The van der Waals surface area contributed by atoms with Crippen LogP contribution in [0.3, 0.4) is 0 Å². The summed E-state index contributed by atoms with van der Waals surface area (Å²) < 4.78 is 0. The van der Waals surface area contributed by atoms with Crippen molar-refractivity contribution < 1.29 is 4.79 Å². The van der Waals surface area contributed by atoms with Crippen LogP contribution in [0.15, 0.2) is 73.1 Å². The molecule has 4 rings (SSSR count). The lowest BCUT2D eigenvalue weighted by atomic mass is 10.1. The van der Waals surface area contributed by atoms with Gasteiger partial charge in [0.05, 0.1) is 5.56 Å². The molecule has 0 spiro atoms. The van der Waals surface area contributed by atoms with E-state index in [2.05, 4.69) is 9.97 Å². The Morgan fingerprint density at radius 2 is 1.35 bits per heavy atom. The minimum atomic E-state index is -0.0416. The van der Waals surface area contributed by atoms with Gasteiger partial charge < -0.3 is 4.90 Å². The summed E-state index contributed by atoms with van der Waals surface area (Å²) in [6, 6.07) is 20.1. The van der Waals surface area contributed by atoms with Crippen molar-refractivity contribution in [3.63, 3.8) is 0 Å².